The number of halogens is 2. The Kier molecular flexibility index (Phi) is 8.39. The van der Waals surface area contributed by atoms with Crippen LogP contribution in [-0.2, 0) is 22.6 Å². The van der Waals surface area contributed by atoms with E-state index in [2.05, 4.69) is 24.9 Å². The maximum absolute atomic E-state index is 13.2. The van der Waals surface area contributed by atoms with Crippen molar-refractivity contribution in [3.63, 3.8) is 0 Å². The minimum atomic E-state index is -0.462. The Morgan fingerprint density at radius 3 is 2.06 bits per heavy atom. The van der Waals surface area contributed by atoms with E-state index in [0.717, 1.165) is 11.1 Å². The lowest BCUT2D eigenvalue weighted by Crippen LogP contribution is -2.28. The van der Waals surface area contributed by atoms with E-state index in [4.69, 9.17) is 0 Å². The van der Waals surface area contributed by atoms with Crippen LogP contribution in [0, 0.1) is 11.6 Å². The van der Waals surface area contributed by atoms with E-state index in [1.54, 1.807) is 36.7 Å². The lowest BCUT2D eigenvalue weighted by molar-refractivity contribution is -0.134. The molecule has 0 spiro atoms. The van der Waals surface area contributed by atoms with E-state index < -0.39 is 5.97 Å². The molecule has 0 atom stereocenters. The summed E-state index contributed by atoms with van der Waals surface area (Å²) in [4.78, 5) is 21.8. The van der Waals surface area contributed by atoms with Crippen molar-refractivity contribution in [1.29, 1.82) is 0 Å². The molecule has 3 aromatic rings. The van der Waals surface area contributed by atoms with Crippen molar-refractivity contribution in [3.8, 4) is 0 Å². The Labute approximate surface area is 185 Å². The molecule has 1 aromatic heterocycles. The summed E-state index contributed by atoms with van der Waals surface area (Å²) in [7, 11) is 1.31. The maximum atomic E-state index is 13.2. The molecular formula is C24H24F2N4O2. The number of hydrogen-bond donors (Lipinski definition) is 1. The number of carbonyl (C=O) groups is 1. The fourth-order valence-corrected chi connectivity index (χ4v) is 2.99. The van der Waals surface area contributed by atoms with Gasteiger partial charge in [-0.05, 0) is 41.5 Å². The molecule has 166 valence electrons. The number of nitrogens with one attached hydrogen (secondary N) is 1. The third-order valence-electron chi connectivity index (χ3n) is 4.64. The van der Waals surface area contributed by atoms with E-state index in [9.17, 15) is 13.6 Å². The van der Waals surface area contributed by atoms with Gasteiger partial charge >= 0.3 is 5.97 Å². The first-order chi connectivity index (χ1) is 15.5. The van der Waals surface area contributed by atoms with Gasteiger partial charge in [0.1, 0.15) is 17.5 Å². The largest absolute Gasteiger partial charge is 0.466 e. The Hall–Kier alpha value is -3.65. The topological polar surface area (TPSA) is 67.3 Å². The van der Waals surface area contributed by atoms with Crippen LogP contribution in [-0.4, -0.2) is 41.0 Å². The van der Waals surface area contributed by atoms with Gasteiger partial charge in [-0.2, -0.15) is 0 Å². The molecule has 0 saturated heterocycles. The molecule has 0 fully saturated rings. The Morgan fingerprint density at radius 1 is 0.969 bits per heavy atom. The van der Waals surface area contributed by atoms with Crippen molar-refractivity contribution in [1.82, 2.24) is 14.9 Å². The number of anilines is 1. The first-order valence-electron chi connectivity index (χ1n) is 10.0. The second-order valence-corrected chi connectivity index (χ2v) is 7.07. The van der Waals surface area contributed by atoms with Crippen LogP contribution in [0.15, 0.2) is 67.0 Å². The van der Waals surface area contributed by atoms with Crippen molar-refractivity contribution >= 4 is 17.9 Å². The Morgan fingerprint density at radius 2 is 1.56 bits per heavy atom. The highest BCUT2D eigenvalue weighted by Gasteiger charge is 2.08. The maximum Gasteiger partial charge on any atom is 0.330 e. The number of nitrogens with zero attached hydrogens (tertiary/aromatic N) is 3. The lowest BCUT2D eigenvalue weighted by Gasteiger charge is -2.23. The van der Waals surface area contributed by atoms with Gasteiger partial charge in [0.2, 0.25) is 0 Å². The van der Waals surface area contributed by atoms with Gasteiger partial charge in [0.05, 0.1) is 25.2 Å². The summed E-state index contributed by atoms with van der Waals surface area (Å²) in [6.45, 7) is 2.49. The summed E-state index contributed by atoms with van der Waals surface area (Å²) in [5.74, 6) is -0.409. The summed E-state index contributed by atoms with van der Waals surface area (Å²) in [5, 5.41) is 3.22. The number of aromatic nitrogens is 2. The summed E-state index contributed by atoms with van der Waals surface area (Å²) < 4.78 is 31.0. The lowest BCUT2D eigenvalue weighted by atomic mass is 10.1. The van der Waals surface area contributed by atoms with E-state index >= 15 is 0 Å². The first kappa shape index (κ1) is 23.0. The van der Waals surface area contributed by atoms with Crippen LogP contribution in [0.1, 0.15) is 16.8 Å². The summed E-state index contributed by atoms with van der Waals surface area (Å²) in [6.07, 6.45) is 5.94. The minimum Gasteiger partial charge on any atom is -0.466 e. The summed E-state index contributed by atoms with van der Waals surface area (Å²) >= 11 is 0. The zero-order chi connectivity index (χ0) is 22.8. The molecule has 0 radical (unpaired) electrons. The molecule has 32 heavy (non-hydrogen) atoms. The van der Waals surface area contributed by atoms with Crippen LogP contribution in [0.5, 0.6) is 0 Å². The molecule has 2 aromatic carbocycles. The number of esters is 1. The van der Waals surface area contributed by atoms with Crippen molar-refractivity contribution in [2.75, 3.05) is 25.5 Å². The molecule has 0 aliphatic rings. The molecule has 1 heterocycles. The van der Waals surface area contributed by atoms with E-state index in [1.807, 2.05) is 0 Å². The highest BCUT2D eigenvalue weighted by molar-refractivity contribution is 5.86. The fourth-order valence-electron chi connectivity index (χ4n) is 2.99. The zero-order valence-corrected chi connectivity index (χ0v) is 17.7. The Balaban J connectivity index is 1.58. The molecule has 0 aliphatic carbocycles. The van der Waals surface area contributed by atoms with Gasteiger partial charge in [-0.15, -0.1) is 0 Å². The highest BCUT2D eigenvalue weighted by atomic mass is 19.1. The molecule has 8 heteroatoms. The average Bonchev–Trinajstić information content (AvgIpc) is 2.81. The molecule has 0 unspecified atom stereocenters. The number of rotatable bonds is 10. The molecule has 0 saturated carbocycles. The normalized spacial score (nSPS) is 11.1. The number of benzene rings is 2. The Bertz CT molecular complexity index is 976. The van der Waals surface area contributed by atoms with Gasteiger partial charge in [0.25, 0.3) is 0 Å². The first-order valence-corrected chi connectivity index (χ1v) is 10.0. The van der Waals surface area contributed by atoms with Crippen molar-refractivity contribution < 1.29 is 18.3 Å². The number of carbonyl (C=O) groups excluding carboxylic acids is 1. The quantitative estimate of drug-likeness (QED) is 0.381. The van der Waals surface area contributed by atoms with Crippen LogP contribution in [0.2, 0.25) is 0 Å². The molecule has 0 bridgehead atoms. The van der Waals surface area contributed by atoms with Crippen LogP contribution < -0.4 is 5.32 Å². The van der Waals surface area contributed by atoms with Crippen molar-refractivity contribution in [3.05, 3.63) is 95.5 Å². The predicted octanol–water partition coefficient (Wildman–Crippen LogP) is 4.06. The second kappa shape index (κ2) is 11.7. The third-order valence-corrected chi connectivity index (χ3v) is 4.64. The summed E-state index contributed by atoms with van der Waals surface area (Å²) in [6, 6.07) is 12.8. The van der Waals surface area contributed by atoms with Crippen molar-refractivity contribution in [2.24, 2.45) is 0 Å². The molecule has 6 nitrogen and oxygen atoms in total. The smallest absolute Gasteiger partial charge is 0.330 e. The molecule has 3 rings (SSSR count). The van der Waals surface area contributed by atoms with Crippen LogP contribution in [0.25, 0.3) is 6.08 Å². The fraction of sp³-hybridized carbons (Fsp3) is 0.208. The van der Waals surface area contributed by atoms with Crippen molar-refractivity contribution in [2.45, 2.75) is 13.1 Å². The van der Waals surface area contributed by atoms with Gasteiger partial charge < -0.3 is 10.1 Å². The monoisotopic (exact) mass is 438 g/mol. The van der Waals surface area contributed by atoms with E-state index in [1.165, 1.54) is 43.5 Å². The van der Waals surface area contributed by atoms with Crippen LogP contribution in [0.3, 0.4) is 0 Å². The van der Waals surface area contributed by atoms with Gasteiger partial charge in [-0.1, -0.05) is 24.3 Å². The minimum absolute atomic E-state index is 0.274. The van der Waals surface area contributed by atoms with E-state index in [0.29, 0.717) is 37.7 Å². The molecule has 1 N–H and O–H groups in total. The second-order valence-electron chi connectivity index (χ2n) is 7.07. The number of methoxy groups -OCH3 is 1. The number of hydrogen-bond acceptors (Lipinski definition) is 6. The predicted molar refractivity (Wildman–Crippen MR) is 118 cm³/mol. The molecule has 0 amide bonds. The zero-order valence-electron chi connectivity index (χ0n) is 17.7. The van der Waals surface area contributed by atoms with Gasteiger partial charge in [-0.25, -0.2) is 18.6 Å². The van der Waals surface area contributed by atoms with Gasteiger partial charge in [-0.3, -0.25) is 9.88 Å². The average molecular weight is 438 g/mol. The van der Waals surface area contributed by atoms with Gasteiger partial charge in [0.15, 0.2) is 0 Å². The molecular weight excluding hydrogens is 414 g/mol. The summed E-state index contributed by atoms with van der Waals surface area (Å²) in [5.41, 5.74) is 2.50. The van der Waals surface area contributed by atoms with Gasteiger partial charge in [0, 0.05) is 32.3 Å². The van der Waals surface area contributed by atoms with E-state index in [-0.39, 0.29) is 11.6 Å². The third kappa shape index (κ3) is 7.55. The molecule has 0 aliphatic heterocycles. The number of ether oxygens (including phenoxy) is 1. The standard InChI is InChI=1S/C24H24F2N4O2/c1-32-24(31)11-10-22-14-29-23(15-28-22)27-12-13-30(16-18-2-6-20(25)7-3-18)17-19-4-8-21(26)9-5-19/h2-11,14-15H,12-13,16-17H2,1H3,(H,27,29)/b11-10+. The highest BCUT2D eigenvalue weighted by Crippen LogP contribution is 2.12. The van der Waals surface area contributed by atoms with Crippen LogP contribution >= 0.6 is 0 Å². The van der Waals surface area contributed by atoms with Crippen LogP contribution in [0.4, 0.5) is 14.6 Å². The SMILES string of the molecule is COC(=O)/C=C/c1cnc(NCCN(Cc2ccc(F)cc2)Cc2ccc(F)cc2)cn1.